The van der Waals surface area contributed by atoms with Crippen molar-refractivity contribution in [3.63, 3.8) is 0 Å². The third-order valence-corrected chi connectivity index (χ3v) is 5.15. The second kappa shape index (κ2) is 8.49. The van der Waals surface area contributed by atoms with Crippen molar-refractivity contribution in [1.82, 2.24) is 15.1 Å². The molecule has 5 heteroatoms. The molecule has 0 aromatic heterocycles. The fourth-order valence-electron chi connectivity index (χ4n) is 3.77. The SMILES string of the molecule is COCCN1CCC(NC(=O)N2CCC(Cc3ccccc3)C2)C1. The van der Waals surface area contributed by atoms with Crippen LogP contribution in [-0.4, -0.2) is 68.3 Å². The lowest BCUT2D eigenvalue weighted by molar-refractivity contribution is 0.159. The third-order valence-electron chi connectivity index (χ3n) is 5.15. The first-order chi connectivity index (χ1) is 11.7. The van der Waals surface area contributed by atoms with Crippen molar-refractivity contribution in [3.05, 3.63) is 35.9 Å². The van der Waals surface area contributed by atoms with E-state index in [0.29, 0.717) is 5.92 Å². The summed E-state index contributed by atoms with van der Waals surface area (Å²) >= 11 is 0. The van der Waals surface area contributed by atoms with Crippen molar-refractivity contribution in [2.75, 3.05) is 46.4 Å². The number of methoxy groups -OCH3 is 1. The van der Waals surface area contributed by atoms with E-state index >= 15 is 0 Å². The highest BCUT2D eigenvalue weighted by Gasteiger charge is 2.29. The fourth-order valence-corrected chi connectivity index (χ4v) is 3.77. The van der Waals surface area contributed by atoms with Gasteiger partial charge in [-0.05, 0) is 30.7 Å². The zero-order valence-corrected chi connectivity index (χ0v) is 14.6. The number of nitrogens with one attached hydrogen (secondary N) is 1. The fraction of sp³-hybridized carbons (Fsp3) is 0.632. The molecular weight excluding hydrogens is 302 g/mol. The van der Waals surface area contributed by atoms with Gasteiger partial charge >= 0.3 is 6.03 Å². The maximum atomic E-state index is 12.5. The standard InChI is InChI=1S/C19H29N3O2/c1-24-12-11-21-9-8-18(15-21)20-19(23)22-10-7-17(14-22)13-16-5-3-2-4-6-16/h2-6,17-18H,7-15H2,1H3,(H,20,23). The molecule has 132 valence electrons. The molecule has 2 saturated heterocycles. The van der Waals surface area contributed by atoms with E-state index in [2.05, 4.69) is 40.5 Å². The zero-order chi connectivity index (χ0) is 16.8. The summed E-state index contributed by atoms with van der Waals surface area (Å²) in [6.07, 6.45) is 3.21. The first-order valence-corrected chi connectivity index (χ1v) is 9.05. The van der Waals surface area contributed by atoms with E-state index in [0.717, 1.165) is 58.6 Å². The van der Waals surface area contributed by atoms with Crippen LogP contribution in [-0.2, 0) is 11.2 Å². The third kappa shape index (κ3) is 4.71. The number of amides is 2. The van der Waals surface area contributed by atoms with Crippen LogP contribution in [0.3, 0.4) is 0 Å². The summed E-state index contributed by atoms with van der Waals surface area (Å²) < 4.78 is 5.12. The topological polar surface area (TPSA) is 44.8 Å². The Bertz CT molecular complexity index is 523. The Balaban J connectivity index is 1.40. The number of nitrogens with zero attached hydrogens (tertiary/aromatic N) is 2. The number of benzene rings is 1. The van der Waals surface area contributed by atoms with Crippen LogP contribution < -0.4 is 5.32 Å². The quantitative estimate of drug-likeness (QED) is 0.867. The highest BCUT2D eigenvalue weighted by molar-refractivity contribution is 5.74. The summed E-state index contributed by atoms with van der Waals surface area (Å²) in [5.41, 5.74) is 1.37. The van der Waals surface area contributed by atoms with Gasteiger partial charge in [-0.2, -0.15) is 0 Å². The van der Waals surface area contributed by atoms with Gasteiger partial charge in [0.1, 0.15) is 0 Å². The lowest BCUT2D eigenvalue weighted by Gasteiger charge is -2.21. The molecule has 2 heterocycles. The second-order valence-electron chi connectivity index (χ2n) is 7.02. The molecule has 1 aromatic carbocycles. The van der Waals surface area contributed by atoms with E-state index in [1.54, 1.807) is 7.11 Å². The van der Waals surface area contributed by atoms with Gasteiger partial charge in [-0.15, -0.1) is 0 Å². The number of carbonyl (C=O) groups is 1. The lowest BCUT2D eigenvalue weighted by atomic mass is 9.99. The van der Waals surface area contributed by atoms with E-state index in [1.165, 1.54) is 5.56 Å². The molecule has 24 heavy (non-hydrogen) atoms. The summed E-state index contributed by atoms with van der Waals surface area (Å²) in [4.78, 5) is 16.8. The van der Waals surface area contributed by atoms with Gasteiger partial charge in [-0.25, -0.2) is 4.79 Å². The Hall–Kier alpha value is -1.59. The number of ether oxygens (including phenoxy) is 1. The number of urea groups is 1. The molecule has 2 unspecified atom stereocenters. The first-order valence-electron chi connectivity index (χ1n) is 9.05. The van der Waals surface area contributed by atoms with Crippen LogP contribution in [0.1, 0.15) is 18.4 Å². The van der Waals surface area contributed by atoms with Gasteiger partial charge in [-0.3, -0.25) is 4.90 Å². The van der Waals surface area contributed by atoms with E-state index in [-0.39, 0.29) is 12.1 Å². The molecule has 0 bridgehead atoms. The Morgan fingerprint density at radius 1 is 1.21 bits per heavy atom. The summed E-state index contributed by atoms with van der Waals surface area (Å²) in [5.74, 6) is 0.583. The molecule has 1 N–H and O–H groups in total. The number of rotatable bonds is 6. The molecule has 0 saturated carbocycles. The largest absolute Gasteiger partial charge is 0.383 e. The van der Waals surface area contributed by atoms with Gasteiger partial charge < -0.3 is 15.0 Å². The van der Waals surface area contributed by atoms with Gasteiger partial charge in [0.15, 0.2) is 0 Å². The summed E-state index contributed by atoms with van der Waals surface area (Å²) in [6.45, 7) is 5.45. The molecule has 2 fully saturated rings. The highest BCUT2D eigenvalue weighted by atomic mass is 16.5. The minimum Gasteiger partial charge on any atom is -0.383 e. The Morgan fingerprint density at radius 2 is 2.04 bits per heavy atom. The summed E-state index contributed by atoms with van der Waals surface area (Å²) in [7, 11) is 1.73. The molecule has 2 atom stereocenters. The van der Waals surface area contributed by atoms with Crippen LogP contribution in [0, 0.1) is 5.92 Å². The average Bonchev–Trinajstić information content (AvgIpc) is 3.23. The molecule has 2 amide bonds. The van der Waals surface area contributed by atoms with Crippen molar-refractivity contribution in [3.8, 4) is 0 Å². The highest BCUT2D eigenvalue weighted by Crippen LogP contribution is 2.21. The first kappa shape index (κ1) is 17.2. The van der Waals surface area contributed by atoms with Crippen molar-refractivity contribution < 1.29 is 9.53 Å². The van der Waals surface area contributed by atoms with E-state index < -0.39 is 0 Å². The normalized spacial score (nSPS) is 24.5. The Morgan fingerprint density at radius 3 is 2.83 bits per heavy atom. The van der Waals surface area contributed by atoms with Crippen molar-refractivity contribution in [2.45, 2.75) is 25.3 Å². The molecular formula is C19H29N3O2. The van der Waals surface area contributed by atoms with E-state index in [1.807, 2.05) is 4.90 Å². The Labute approximate surface area is 145 Å². The van der Waals surface area contributed by atoms with Gasteiger partial charge in [0, 0.05) is 45.9 Å². The predicted octanol–water partition coefficient (Wildman–Crippen LogP) is 1.98. The number of carbonyl (C=O) groups excluding carboxylic acids is 1. The minimum absolute atomic E-state index is 0.115. The number of hydrogen-bond acceptors (Lipinski definition) is 3. The molecule has 3 rings (SSSR count). The minimum atomic E-state index is 0.115. The maximum absolute atomic E-state index is 12.5. The van der Waals surface area contributed by atoms with Crippen LogP contribution >= 0.6 is 0 Å². The summed E-state index contributed by atoms with van der Waals surface area (Å²) in [6, 6.07) is 11.0. The zero-order valence-electron chi connectivity index (χ0n) is 14.6. The van der Waals surface area contributed by atoms with Crippen LogP contribution in [0.5, 0.6) is 0 Å². The van der Waals surface area contributed by atoms with Gasteiger partial charge in [-0.1, -0.05) is 30.3 Å². The van der Waals surface area contributed by atoms with Crippen molar-refractivity contribution in [1.29, 1.82) is 0 Å². The second-order valence-corrected chi connectivity index (χ2v) is 7.02. The van der Waals surface area contributed by atoms with Crippen LogP contribution in [0.25, 0.3) is 0 Å². The molecule has 2 aliphatic rings. The van der Waals surface area contributed by atoms with E-state index in [9.17, 15) is 4.79 Å². The van der Waals surface area contributed by atoms with Gasteiger partial charge in [0.25, 0.3) is 0 Å². The van der Waals surface area contributed by atoms with E-state index in [4.69, 9.17) is 4.74 Å². The number of hydrogen-bond donors (Lipinski definition) is 1. The van der Waals surface area contributed by atoms with Crippen molar-refractivity contribution in [2.24, 2.45) is 5.92 Å². The molecule has 2 aliphatic heterocycles. The lowest BCUT2D eigenvalue weighted by Crippen LogP contribution is -2.45. The van der Waals surface area contributed by atoms with Crippen molar-refractivity contribution >= 4 is 6.03 Å². The smallest absolute Gasteiger partial charge is 0.317 e. The molecule has 0 aliphatic carbocycles. The van der Waals surface area contributed by atoms with Crippen LogP contribution in [0.2, 0.25) is 0 Å². The Kier molecular flexibility index (Phi) is 6.10. The molecule has 1 aromatic rings. The summed E-state index contributed by atoms with van der Waals surface area (Å²) in [5, 5.41) is 3.22. The van der Waals surface area contributed by atoms with Crippen LogP contribution in [0.15, 0.2) is 30.3 Å². The van der Waals surface area contributed by atoms with Gasteiger partial charge in [0.05, 0.1) is 6.61 Å². The maximum Gasteiger partial charge on any atom is 0.317 e. The molecule has 0 radical (unpaired) electrons. The van der Waals surface area contributed by atoms with Gasteiger partial charge in [0.2, 0.25) is 0 Å². The molecule has 5 nitrogen and oxygen atoms in total. The average molecular weight is 331 g/mol. The predicted molar refractivity (Wildman–Crippen MR) is 95.1 cm³/mol. The van der Waals surface area contributed by atoms with Crippen LogP contribution in [0.4, 0.5) is 4.79 Å². The molecule has 0 spiro atoms. The monoisotopic (exact) mass is 331 g/mol. The number of likely N-dealkylation sites (tertiary alicyclic amines) is 2.